The molecule has 0 aliphatic carbocycles. The van der Waals surface area contributed by atoms with Crippen molar-refractivity contribution in [2.75, 3.05) is 18.0 Å². The van der Waals surface area contributed by atoms with Gasteiger partial charge in [-0.1, -0.05) is 24.3 Å². The lowest BCUT2D eigenvalue weighted by Crippen LogP contribution is -2.40. The maximum Gasteiger partial charge on any atom is 0.275 e. The summed E-state index contributed by atoms with van der Waals surface area (Å²) in [6.45, 7) is 2.61. The molecule has 5 nitrogen and oxygen atoms in total. The van der Waals surface area contributed by atoms with Gasteiger partial charge in [-0.2, -0.15) is 0 Å². The molecule has 2 aromatic carbocycles. The second kappa shape index (κ2) is 5.96. The lowest BCUT2D eigenvalue weighted by molar-refractivity contribution is -0.385. The van der Waals surface area contributed by atoms with Gasteiger partial charge in [0.2, 0.25) is 0 Å². The Balaban J connectivity index is 2.05. The highest BCUT2D eigenvalue weighted by atomic mass is 19.1. The Bertz CT molecular complexity index is 763. The van der Waals surface area contributed by atoms with E-state index in [-0.39, 0.29) is 11.7 Å². The molecule has 2 N–H and O–H groups in total. The highest BCUT2D eigenvalue weighted by Crippen LogP contribution is 2.36. The molecule has 0 bridgehead atoms. The molecule has 6 heteroatoms. The van der Waals surface area contributed by atoms with Gasteiger partial charge in [0.05, 0.1) is 22.7 Å². The molecule has 0 fully saturated rings. The topological polar surface area (TPSA) is 72.4 Å². The number of fused-ring (bicyclic) bond motifs is 1. The van der Waals surface area contributed by atoms with Crippen LogP contribution in [0.3, 0.4) is 0 Å². The first-order valence-electron chi connectivity index (χ1n) is 7.52. The quantitative estimate of drug-likeness (QED) is 0.698. The maximum atomic E-state index is 14.5. The van der Waals surface area contributed by atoms with Gasteiger partial charge in [0.1, 0.15) is 0 Å². The summed E-state index contributed by atoms with van der Waals surface area (Å²) in [7, 11) is 0. The van der Waals surface area contributed by atoms with Gasteiger partial charge in [-0.3, -0.25) is 10.1 Å². The zero-order valence-electron chi connectivity index (χ0n) is 12.8. The number of nitro groups is 1. The van der Waals surface area contributed by atoms with Crippen LogP contribution in [0.15, 0.2) is 36.4 Å². The van der Waals surface area contributed by atoms with Crippen molar-refractivity contribution in [1.29, 1.82) is 0 Å². The number of rotatable bonds is 3. The molecule has 3 rings (SSSR count). The van der Waals surface area contributed by atoms with Crippen LogP contribution in [0, 0.1) is 22.9 Å². The smallest absolute Gasteiger partial charge is 0.275 e. The highest BCUT2D eigenvalue weighted by Gasteiger charge is 2.29. The number of hydrogen-bond acceptors (Lipinski definition) is 4. The number of benzene rings is 2. The van der Waals surface area contributed by atoms with E-state index in [4.69, 9.17) is 5.73 Å². The predicted molar refractivity (Wildman–Crippen MR) is 87.1 cm³/mol. The van der Waals surface area contributed by atoms with E-state index in [2.05, 4.69) is 6.07 Å². The number of halogens is 1. The summed E-state index contributed by atoms with van der Waals surface area (Å²) in [6.07, 6.45) is 0.794. The van der Waals surface area contributed by atoms with Crippen molar-refractivity contribution in [3.05, 3.63) is 69.0 Å². The van der Waals surface area contributed by atoms with Gasteiger partial charge in [0, 0.05) is 18.7 Å². The lowest BCUT2D eigenvalue weighted by Gasteiger charge is -2.38. The largest absolute Gasteiger partial charge is 0.360 e. The van der Waals surface area contributed by atoms with Gasteiger partial charge in [-0.05, 0) is 30.5 Å². The van der Waals surface area contributed by atoms with Crippen LogP contribution in [0.5, 0.6) is 0 Å². The molecule has 1 unspecified atom stereocenters. The van der Waals surface area contributed by atoms with Gasteiger partial charge in [0.15, 0.2) is 5.82 Å². The molecule has 0 radical (unpaired) electrons. The molecule has 120 valence electrons. The summed E-state index contributed by atoms with van der Waals surface area (Å²) in [6, 6.07) is 10.4. The minimum atomic E-state index is -0.583. The monoisotopic (exact) mass is 315 g/mol. The van der Waals surface area contributed by atoms with Crippen LogP contribution >= 0.6 is 0 Å². The maximum absolute atomic E-state index is 14.5. The molecule has 2 aromatic rings. The third-order valence-electron chi connectivity index (χ3n) is 4.41. The molecule has 0 aromatic heterocycles. The molecule has 1 aliphatic rings. The molecular weight excluding hydrogens is 297 g/mol. The number of nitrogens with zero attached hydrogens (tertiary/aromatic N) is 2. The molecule has 0 saturated heterocycles. The summed E-state index contributed by atoms with van der Waals surface area (Å²) in [5.74, 6) is -0.583. The molecule has 23 heavy (non-hydrogen) atoms. The number of nitro benzene ring substituents is 1. The molecule has 0 spiro atoms. The van der Waals surface area contributed by atoms with Crippen molar-refractivity contribution in [3.8, 4) is 0 Å². The van der Waals surface area contributed by atoms with E-state index in [0.29, 0.717) is 24.3 Å². The molecular formula is C17H18FN3O2. The standard InChI is InChI=1S/C17H18FN3O2/c1-11-8-16(14(18)9-15(11)21(22)23)20-7-6-12-4-2-3-5-13(12)17(20)10-19/h2-5,8-9,17H,6-7,10,19H2,1H3. The first-order valence-corrected chi connectivity index (χ1v) is 7.52. The van der Waals surface area contributed by atoms with Gasteiger partial charge in [-0.15, -0.1) is 0 Å². The highest BCUT2D eigenvalue weighted by molar-refractivity contribution is 5.59. The number of hydrogen-bond donors (Lipinski definition) is 1. The molecule has 1 atom stereocenters. The predicted octanol–water partition coefficient (Wildman–Crippen LogP) is 3.10. The van der Waals surface area contributed by atoms with Crippen molar-refractivity contribution in [3.63, 3.8) is 0 Å². The van der Waals surface area contributed by atoms with Crippen LogP contribution in [-0.2, 0) is 6.42 Å². The Morgan fingerprint density at radius 1 is 1.39 bits per heavy atom. The lowest BCUT2D eigenvalue weighted by atomic mass is 9.92. The fraction of sp³-hybridized carbons (Fsp3) is 0.294. The van der Waals surface area contributed by atoms with Crippen molar-refractivity contribution in [2.45, 2.75) is 19.4 Å². The van der Waals surface area contributed by atoms with Gasteiger partial charge in [0.25, 0.3) is 5.69 Å². The Morgan fingerprint density at radius 3 is 2.83 bits per heavy atom. The van der Waals surface area contributed by atoms with E-state index in [1.807, 2.05) is 23.1 Å². The van der Waals surface area contributed by atoms with E-state index >= 15 is 0 Å². The fourth-order valence-corrected chi connectivity index (χ4v) is 3.27. The zero-order valence-corrected chi connectivity index (χ0v) is 12.8. The first kappa shape index (κ1) is 15.4. The molecule has 1 aliphatic heterocycles. The minimum absolute atomic E-state index is 0.129. The van der Waals surface area contributed by atoms with E-state index in [9.17, 15) is 14.5 Å². The van der Waals surface area contributed by atoms with E-state index in [0.717, 1.165) is 18.1 Å². The van der Waals surface area contributed by atoms with Crippen LogP contribution in [0.4, 0.5) is 15.8 Å². The Morgan fingerprint density at radius 2 is 2.13 bits per heavy atom. The van der Waals surface area contributed by atoms with Crippen molar-refractivity contribution in [2.24, 2.45) is 5.73 Å². The van der Waals surface area contributed by atoms with Crippen LogP contribution in [0.1, 0.15) is 22.7 Å². The Hall–Kier alpha value is -2.47. The minimum Gasteiger partial charge on any atom is -0.360 e. The summed E-state index contributed by atoms with van der Waals surface area (Å²) < 4.78 is 14.5. The van der Waals surface area contributed by atoms with E-state index in [1.54, 1.807) is 13.0 Å². The van der Waals surface area contributed by atoms with E-state index in [1.165, 1.54) is 5.56 Å². The second-order valence-corrected chi connectivity index (χ2v) is 5.74. The van der Waals surface area contributed by atoms with Crippen LogP contribution in [0.25, 0.3) is 0 Å². The summed E-state index contributed by atoms with van der Waals surface area (Å²) in [5.41, 5.74) is 8.87. The molecule has 0 saturated carbocycles. The SMILES string of the molecule is Cc1cc(N2CCc3ccccc3C2CN)c(F)cc1[N+](=O)[O-]. The third-order valence-corrected chi connectivity index (χ3v) is 4.41. The number of anilines is 1. The Kier molecular flexibility index (Phi) is 4.00. The zero-order chi connectivity index (χ0) is 16.6. The Labute approximate surface area is 133 Å². The van der Waals surface area contributed by atoms with Gasteiger partial charge in [-0.25, -0.2) is 4.39 Å². The average molecular weight is 315 g/mol. The van der Waals surface area contributed by atoms with Crippen LogP contribution in [0.2, 0.25) is 0 Å². The number of aryl methyl sites for hydroxylation is 1. The third kappa shape index (κ3) is 2.66. The van der Waals surface area contributed by atoms with E-state index < -0.39 is 10.7 Å². The molecule has 1 heterocycles. The normalized spacial score (nSPS) is 17.0. The second-order valence-electron chi connectivity index (χ2n) is 5.74. The number of nitrogens with two attached hydrogens (primary N) is 1. The van der Waals surface area contributed by atoms with Crippen LogP contribution < -0.4 is 10.6 Å². The average Bonchev–Trinajstić information content (AvgIpc) is 2.55. The van der Waals surface area contributed by atoms with Gasteiger partial charge >= 0.3 is 0 Å². The van der Waals surface area contributed by atoms with Crippen LogP contribution in [-0.4, -0.2) is 18.0 Å². The summed E-state index contributed by atoms with van der Waals surface area (Å²) >= 11 is 0. The van der Waals surface area contributed by atoms with Crippen molar-refractivity contribution < 1.29 is 9.31 Å². The van der Waals surface area contributed by atoms with Gasteiger partial charge < -0.3 is 10.6 Å². The summed E-state index contributed by atoms with van der Waals surface area (Å²) in [4.78, 5) is 12.3. The first-order chi connectivity index (χ1) is 11.0. The van der Waals surface area contributed by atoms with Crippen molar-refractivity contribution in [1.82, 2.24) is 0 Å². The van der Waals surface area contributed by atoms with Crippen molar-refractivity contribution >= 4 is 11.4 Å². The fourth-order valence-electron chi connectivity index (χ4n) is 3.27. The molecule has 0 amide bonds. The summed E-state index contributed by atoms with van der Waals surface area (Å²) in [5, 5.41) is 11.0.